The summed E-state index contributed by atoms with van der Waals surface area (Å²) in [6, 6.07) is 7.31. The Bertz CT molecular complexity index is 809. The van der Waals surface area contributed by atoms with E-state index in [1.807, 2.05) is 0 Å². The molecule has 124 valence electrons. The Morgan fingerprint density at radius 2 is 1.65 bits per heavy atom. The second-order valence-corrected chi connectivity index (χ2v) is 6.36. The highest BCUT2D eigenvalue weighted by Gasteiger charge is 2.16. The zero-order valence-corrected chi connectivity index (χ0v) is 13.3. The maximum absolute atomic E-state index is 13.2. The largest absolute Gasteiger partial charge is 0.493 e. The first-order valence-corrected chi connectivity index (χ1v) is 8.01. The summed E-state index contributed by atoms with van der Waals surface area (Å²) in [5, 5.41) is 0. The van der Waals surface area contributed by atoms with E-state index >= 15 is 0 Å². The summed E-state index contributed by atoms with van der Waals surface area (Å²) in [7, 11) is -1.01. The zero-order valence-electron chi connectivity index (χ0n) is 12.5. The average Bonchev–Trinajstić information content (AvgIpc) is 2.55. The highest BCUT2D eigenvalue weighted by molar-refractivity contribution is 7.89. The van der Waals surface area contributed by atoms with Crippen LogP contribution in [0.25, 0.3) is 0 Å². The lowest BCUT2D eigenvalue weighted by Crippen LogP contribution is -2.23. The van der Waals surface area contributed by atoms with Gasteiger partial charge in [-0.1, -0.05) is 6.07 Å². The van der Waals surface area contributed by atoms with E-state index in [0.29, 0.717) is 23.1 Å². The number of benzene rings is 2. The van der Waals surface area contributed by atoms with Gasteiger partial charge in [-0.05, 0) is 35.9 Å². The Morgan fingerprint density at radius 3 is 2.26 bits per heavy atom. The fraction of sp³-hybridized carbons (Fsp3) is 0.200. The molecule has 2 aromatic rings. The predicted molar refractivity (Wildman–Crippen MR) is 79.9 cm³/mol. The molecule has 0 radical (unpaired) electrons. The molecular weight excluding hydrogens is 328 g/mol. The molecule has 0 aromatic heterocycles. The molecule has 8 heteroatoms. The molecule has 0 aliphatic carbocycles. The highest BCUT2D eigenvalue weighted by atomic mass is 32.2. The van der Waals surface area contributed by atoms with E-state index in [0.717, 1.165) is 12.1 Å². The Balaban J connectivity index is 2.17. The van der Waals surface area contributed by atoms with Crippen LogP contribution < -0.4 is 14.2 Å². The quantitative estimate of drug-likeness (QED) is 0.875. The van der Waals surface area contributed by atoms with Crippen molar-refractivity contribution >= 4 is 10.0 Å². The standard InChI is InChI=1S/C15H15F2NO4S/c1-21-14-6-3-10(7-15(14)22-2)9-18-23(19,20)11-4-5-12(16)13(17)8-11/h3-8,18H,9H2,1-2H3. The minimum Gasteiger partial charge on any atom is -0.493 e. The first kappa shape index (κ1) is 17.2. The van der Waals surface area contributed by atoms with Crippen LogP contribution in [-0.2, 0) is 16.6 Å². The number of sulfonamides is 1. The van der Waals surface area contributed by atoms with Crippen LogP contribution in [-0.4, -0.2) is 22.6 Å². The molecule has 5 nitrogen and oxygen atoms in total. The van der Waals surface area contributed by atoms with Crippen LogP contribution in [0.5, 0.6) is 11.5 Å². The molecule has 0 spiro atoms. The molecule has 0 aliphatic rings. The number of rotatable bonds is 6. The Kier molecular flexibility index (Phi) is 5.17. The summed E-state index contributed by atoms with van der Waals surface area (Å²) in [6.45, 7) is -0.0400. The van der Waals surface area contributed by atoms with E-state index in [1.54, 1.807) is 18.2 Å². The first-order chi connectivity index (χ1) is 10.9. The van der Waals surface area contributed by atoms with Crippen molar-refractivity contribution in [2.24, 2.45) is 0 Å². The lowest BCUT2D eigenvalue weighted by atomic mass is 10.2. The minimum atomic E-state index is -3.96. The van der Waals surface area contributed by atoms with E-state index in [2.05, 4.69) is 4.72 Å². The summed E-state index contributed by atoms with van der Waals surface area (Å²) in [4.78, 5) is -0.350. The van der Waals surface area contributed by atoms with Gasteiger partial charge < -0.3 is 9.47 Å². The van der Waals surface area contributed by atoms with Crippen molar-refractivity contribution in [2.45, 2.75) is 11.4 Å². The molecule has 0 saturated carbocycles. The van der Waals surface area contributed by atoms with Crippen LogP contribution in [0.2, 0.25) is 0 Å². The number of methoxy groups -OCH3 is 2. The van der Waals surface area contributed by atoms with Crippen molar-refractivity contribution < 1.29 is 26.7 Å². The summed E-state index contributed by atoms with van der Waals surface area (Å²) < 4.78 is 62.7. The van der Waals surface area contributed by atoms with E-state index in [1.165, 1.54) is 14.2 Å². The number of nitrogens with one attached hydrogen (secondary N) is 1. The molecule has 2 rings (SSSR count). The molecule has 0 atom stereocenters. The lowest BCUT2D eigenvalue weighted by molar-refractivity contribution is 0.354. The van der Waals surface area contributed by atoms with Gasteiger partial charge in [-0.25, -0.2) is 21.9 Å². The summed E-state index contributed by atoms with van der Waals surface area (Å²) >= 11 is 0. The first-order valence-electron chi connectivity index (χ1n) is 6.53. The van der Waals surface area contributed by atoms with Crippen molar-refractivity contribution in [3.8, 4) is 11.5 Å². The highest BCUT2D eigenvalue weighted by Crippen LogP contribution is 2.27. The SMILES string of the molecule is COc1ccc(CNS(=O)(=O)c2ccc(F)c(F)c2)cc1OC. The topological polar surface area (TPSA) is 64.6 Å². The molecule has 0 fully saturated rings. The Hall–Kier alpha value is -2.19. The second kappa shape index (κ2) is 6.93. The fourth-order valence-corrected chi connectivity index (χ4v) is 2.93. The third-order valence-corrected chi connectivity index (χ3v) is 4.51. The van der Waals surface area contributed by atoms with E-state index in [9.17, 15) is 17.2 Å². The van der Waals surface area contributed by atoms with Crippen molar-refractivity contribution in [1.29, 1.82) is 0 Å². The van der Waals surface area contributed by atoms with Gasteiger partial charge in [0.2, 0.25) is 10.0 Å². The number of ether oxygens (including phenoxy) is 2. The van der Waals surface area contributed by atoms with Gasteiger partial charge in [0.15, 0.2) is 23.1 Å². The van der Waals surface area contributed by atoms with E-state index in [4.69, 9.17) is 9.47 Å². The van der Waals surface area contributed by atoms with Crippen LogP contribution in [0.1, 0.15) is 5.56 Å². The van der Waals surface area contributed by atoms with Gasteiger partial charge in [0, 0.05) is 6.54 Å². The van der Waals surface area contributed by atoms with Gasteiger partial charge >= 0.3 is 0 Å². The van der Waals surface area contributed by atoms with Gasteiger partial charge in [-0.2, -0.15) is 0 Å². The lowest BCUT2D eigenvalue weighted by Gasteiger charge is -2.11. The second-order valence-electron chi connectivity index (χ2n) is 4.59. The average molecular weight is 343 g/mol. The maximum Gasteiger partial charge on any atom is 0.240 e. The Morgan fingerprint density at radius 1 is 0.957 bits per heavy atom. The van der Waals surface area contributed by atoms with Crippen LogP contribution in [0, 0.1) is 11.6 Å². The van der Waals surface area contributed by atoms with E-state index < -0.39 is 21.7 Å². The van der Waals surface area contributed by atoms with Crippen molar-refractivity contribution in [3.05, 3.63) is 53.6 Å². The van der Waals surface area contributed by atoms with Crippen molar-refractivity contribution in [2.75, 3.05) is 14.2 Å². The van der Waals surface area contributed by atoms with Gasteiger partial charge in [0.1, 0.15) is 0 Å². The minimum absolute atomic E-state index is 0.0400. The third kappa shape index (κ3) is 3.96. The molecule has 0 amide bonds. The van der Waals surface area contributed by atoms with Crippen molar-refractivity contribution in [1.82, 2.24) is 4.72 Å². The number of halogens is 2. The van der Waals surface area contributed by atoms with Gasteiger partial charge in [0.05, 0.1) is 19.1 Å². The molecule has 23 heavy (non-hydrogen) atoms. The predicted octanol–water partition coefficient (Wildman–Crippen LogP) is 2.46. The van der Waals surface area contributed by atoms with Crippen molar-refractivity contribution in [3.63, 3.8) is 0 Å². The summed E-state index contributed by atoms with van der Waals surface area (Å²) in [5.41, 5.74) is 0.619. The van der Waals surface area contributed by atoms with Crippen LogP contribution >= 0.6 is 0 Å². The number of hydrogen-bond acceptors (Lipinski definition) is 4. The zero-order chi connectivity index (χ0) is 17.0. The van der Waals surface area contributed by atoms with Gasteiger partial charge in [-0.15, -0.1) is 0 Å². The molecular formula is C15H15F2NO4S. The van der Waals surface area contributed by atoms with E-state index in [-0.39, 0.29) is 11.4 Å². The third-order valence-electron chi connectivity index (χ3n) is 3.12. The van der Waals surface area contributed by atoms with Crippen LogP contribution in [0.15, 0.2) is 41.3 Å². The van der Waals surface area contributed by atoms with Gasteiger partial charge in [-0.3, -0.25) is 0 Å². The fourth-order valence-electron chi connectivity index (χ4n) is 1.90. The smallest absolute Gasteiger partial charge is 0.240 e. The summed E-state index contributed by atoms with van der Waals surface area (Å²) in [6.07, 6.45) is 0. The molecule has 0 bridgehead atoms. The Labute approximate surface area is 132 Å². The molecule has 0 heterocycles. The molecule has 0 aliphatic heterocycles. The van der Waals surface area contributed by atoms with Crippen LogP contribution in [0.4, 0.5) is 8.78 Å². The van der Waals surface area contributed by atoms with Gasteiger partial charge in [0.25, 0.3) is 0 Å². The number of hydrogen-bond donors (Lipinski definition) is 1. The normalized spacial score (nSPS) is 11.3. The maximum atomic E-state index is 13.2. The molecule has 0 saturated heterocycles. The molecule has 2 aromatic carbocycles. The summed E-state index contributed by atoms with van der Waals surface area (Å²) in [5.74, 6) is -1.36. The molecule has 1 N–H and O–H groups in total. The molecule has 0 unspecified atom stereocenters. The monoisotopic (exact) mass is 343 g/mol. The van der Waals surface area contributed by atoms with Crippen LogP contribution in [0.3, 0.4) is 0 Å².